The van der Waals surface area contributed by atoms with Crippen LogP contribution in [0.2, 0.25) is 0 Å². The third kappa shape index (κ3) is 4.92. The van der Waals surface area contributed by atoms with Gasteiger partial charge in [0.15, 0.2) is 5.82 Å². The highest BCUT2D eigenvalue weighted by atomic mass is 32.2. The van der Waals surface area contributed by atoms with Crippen LogP contribution in [0, 0.1) is 13.8 Å². The monoisotopic (exact) mass is 430 g/mol. The number of rotatable bonds is 6. The van der Waals surface area contributed by atoms with Gasteiger partial charge >= 0.3 is 0 Å². The Bertz CT molecular complexity index is 1260. The van der Waals surface area contributed by atoms with Crippen molar-refractivity contribution in [3.63, 3.8) is 0 Å². The van der Waals surface area contributed by atoms with E-state index >= 15 is 0 Å². The topological polar surface area (TPSA) is 128 Å². The van der Waals surface area contributed by atoms with Crippen molar-refractivity contribution in [3.8, 4) is 5.82 Å². The van der Waals surface area contributed by atoms with Crippen LogP contribution >= 0.6 is 0 Å². The zero-order chi connectivity index (χ0) is 22.1. The first-order chi connectivity index (χ1) is 14.0. The second kappa shape index (κ2) is 8.11. The molecular formula is C19H22N6O4S. The molecule has 0 aliphatic rings. The maximum Gasteiger partial charge on any atom is 0.267 e. The van der Waals surface area contributed by atoms with Gasteiger partial charge in [-0.1, -0.05) is 6.07 Å². The average molecular weight is 430 g/mol. The largest absolute Gasteiger partial charge is 0.324 e. The normalized spacial score (nSPS) is 12.4. The van der Waals surface area contributed by atoms with Crippen LogP contribution in [-0.2, 0) is 14.8 Å². The predicted octanol–water partition coefficient (Wildman–Crippen LogP) is 1.62. The van der Waals surface area contributed by atoms with Crippen molar-refractivity contribution < 1.29 is 13.2 Å². The smallest absolute Gasteiger partial charge is 0.267 e. The summed E-state index contributed by atoms with van der Waals surface area (Å²) < 4.78 is 27.8. The van der Waals surface area contributed by atoms with E-state index in [1.165, 1.54) is 12.1 Å². The summed E-state index contributed by atoms with van der Waals surface area (Å²) in [5, 5.41) is 11.3. The number of hydrogen-bond donors (Lipinski definition) is 2. The molecule has 0 saturated carbocycles. The van der Waals surface area contributed by atoms with Crippen LogP contribution in [0.5, 0.6) is 0 Å². The lowest BCUT2D eigenvalue weighted by atomic mass is 10.2. The second-order valence-corrected chi connectivity index (χ2v) is 8.68. The molecule has 0 fully saturated rings. The van der Waals surface area contributed by atoms with Crippen LogP contribution in [0.3, 0.4) is 0 Å². The molecule has 2 aromatic heterocycles. The molecule has 0 aliphatic carbocycles. The zero-order valence-corrected chi connectivity index (χ0v) is 17.8. The van der Waals surface area contributed by atoms with Crippen molar-refractivity contribution in [2.75, 3.05) is 16.3 Å². The van der Waals surface area contributed by atoms with Gasteiger partial charge in [-0.3, -0.25) is 14.3 Å². The molecule has 10 nitrogen and oxygen atoms in total. The third-order valence-corrected chi connectivity index (χ3v) is 4.82. The first-order valence-electron chi connectivity index (χ1n) is 9.06. The van der Waals surface area contributed by atoms with Crippen molar-refractivity contribution in [2.24, 2.45) is 0 Å². The number of sulfonamides is 1. The summed E-state index contributed by atoms with van der Waals surface area (Å²) in [5.41, 5.74) is 1.90. The van der Waals surface area contributed by atoms with E-state index < -0.39 is 27.5 Å². The molecule has 11 heteroatoms. The predicted molar refractivity (Wildman–Crippen MR) is 113 cm³/mol. The maximum atomic E-state index is 12.7. The molecule has 0 saturated heterocycles. The number of anilines is 2. The van der Waals surface area contributed by atoms with Crippen LogP contribution in [0.4, 0.5) is 11.4 Å². The molecule has 30 heavy (non-hydrogen) atoms. The highest BCUT2D eigenvalue weighted by Gasteiger charge is 2.19. The SMILES string of the molecule is Cc1cc(C)n(-c2ccc(=O)n(C(C)C(=O)Nc3cccc(NS(C)(=O)=O)c3)n2)n1. The lowest BCUT2D eigenvalue weighted by Gasteiger charge is -2.15. The summed E-state index contributed by atoms with van der Waals surface area (Å²) in [5.74, 6) is -0.0641. The van der Waals surface area contributed by atoms with Gasteiger partial charge in [0.1, 0.15) is 6.04 Å². The molecule has 1 amide bonds. The minimum atomic E-state index is -3.45. The highest BCUT2D eigenvalue weighted by molar-refractivity contribution is 7.92. The molecule has 3 aromatic rings. The Hall–Kier alpha value is -3.47. The number of aryl methyl sites for hydroxylation is 2. The van der Waals surface area contributed by atoms with Gasteiger partial charge in [0.25, 0.3) is 5.56 Å². The number of aromatic nitrogens is 4. The number of nitrogens with one attached hydrogen (secondary N) is 2. The molecule has 0 bridgehead atoms. The Balaban J connectivity index is 1.85. The summed E-state index contributed by atoms with van der Waals surface area (Å²) in [4.78, 5) is 25.0. The Morgan fingerprint density at radius 2 is 1.77 bits per heavy atom. The van der Waals surface area contributed by atoms with Crippen molar-refractivity contribution in [1.29, 1.82) is 0 Å². The molecule has 1 atom stereocenters. The van der Waals surface area contributed by atoms with Gasteiger partial charge in [0.2, 0.25) is 15.9 Å². The molecule has 1 unspecified atom stereocenters. The van der Waals surface area contributed by atoms with E-state index in [2.05, 4.69) is 20.2 Å². The van der Waals surface area contributed by atoms with E-state index in [4.69, 9.17) is 0 Å². The van der Waals surface area contributed by atoms with Crippen molar-refractivity contribution in [1.82, 2.24) is 19.6 Å². The Morgan fingerprint density at radius 3 is 2.40 bits per heavy atom. The maximum absolute atomic E-state index is 12.7. The lowest BCUT2D eigenvalue weighted by Crippen LogP contribution is -2.33. The minimum absolute atomic E-state index is 0.310. The highest BCUT2D eigenvalue weighted by Crippen LogP contribution is 2.17. The molecule has 2 heterocycles. The van der Waals surface area contributed by atoms with Crippen molar-refractivity contribution >= 4 is 27.3 Å². The molecule has 1 aromatic carbocycles. The summed E-state index contributed by atoms with van der Waals surface area (Å²) in [6, 6.07) is 10.1. The first-order valence-corrected chi connectivity index (χ1v) is 10.9. The molecule has 0 radical (unpaired) electrons. The summed E-state index contributed by atoms with van der Waals surface area (Å²) in [6.07, 6.45) is 1.04. The van der Waals surface area contributed by atoms with Crippen LogP contribution in [0.25, 0.3) is 5.82 Å². The summed E-state index contributed by atoms with van der Waals surface area (Å²) in [6.45, 7) is 5.26. The standard InChI is InChI=1S/C19H22N6O4S/c1-12-10-13(2)24(21-12)17-8-9-18(26)25(22-17)14(3)19(27)20-15-6-5-7-16(11-15)23-30(4,28)29/h5-11,14,23H,1-4H3,(H,20,27). The van der Waals surface area contributed by atoms with E-state index in [-0.39, 0.29) is 0 Å². The third-order valence-electron chi connectivity index (χ3n) is 4.22. The van der Waals surface area contributed by atoms with Gasteiger partial charge in [-0.05, 0) is 51.1 Å². The molecule has 2 N–H and O–H groups in total. The summed E-state index contributed by atoms with van der Waals surface area (Å²) in [7, 11) is -3.45. The fraction of sp³-hybridized carbons (Fsp3) is 0.263. The van der Waals surface area contributed by atoms with E-state index in [0.717, 1.165) is 22.3 Å². The van der Waals surface area contributed by atoms with E-state index in [1.807, 2.05) is 19.9 Å². The minimum Gasteiger partial charge on any atom is -0.324 e. The van der Waals surface area contributed by atoms with Gasteiger partial charge in [0.05, 0.1) is 17.6 Å². The number of amides is 1. The lowest BCUT2D eigenvalue weighted by molar-refractivity contribution is -0.119. The molecule has 0 aliphatic heterocycles. The van der Waals surface area contributed by atoms with Gasteiger partial charge in [-0.15, -0.1) is 5.10 Å². The van der Waals surface area contributed by atoms with Crippen LogP contribution in [0.1, 0.15) is 24.4 Å². The van der Waals surface area contributed by atoms with Crippen LogP contribution in [-0.4, -0.2) is 40.1 Å². The zero-order valence-electron chi connectivity index (χ0n) is 16.9. The molecule has 158 valence electrons. The summed E-state index contributed by atoms with van der Waals surface area (Å²) >= 11 is 0. The van der Waals surface area contributed by atoms with Crippen molar-refractivity contribution in [2.45, 2.75) is 26.8 Å². The molecular weight excluding hydrogens is 408 g/mol. The first kappa shape index (κ1) is 21.2. The van der Waals surface area contributed by atoms with Gasteiger partial charge in [-0.25, -0.2) is 17.8 Å². The molecule has 0 spiro atoms. The molecule has 3 rings (SSSR count). The Morgan fingerprint density at radius 1 is 1.07 bits per heavy atom. The van der Waals surface area contributed by atoms with Crippen LogP contribution in [0.15, 0.2) is 47.3 Å². The fourth-order valence-electron chi connectivity index (χ4n) is 2.90. The van der Waals surface area contributed by atoms with E-state index in [0.29, 0.717) is 17.2 Å². The van der Waals surface area contributed by atoms with Crippen molar-refractivity contribution in [3.05, 3.63) is 64.2 Å². The number of carbonyl (C=O) groups is 1. The number of nitrogens with zero attached hydrogens (tertiary/aromatic N) is 4. The second-order valence-electron chi connectivity index (χ2n) is 6.93. The van der Waals surface area contributed by atoms with Crippen LogP contribution < -0.4 is 15.6 Å². The number of carbonyl (C=O) groups excluding carboxylic acids is 1. The fourth-order valence-corrected chi connectivity index (χ4v) is 3.45. The number of hydrogen-bond acceptors (Lipinski definition) is 6. The van der Waals surface area contributed by atoms with Gasteiger partial charge in [0, 0.05) is 17.4 Å². The van der Waals surface area contributed by atoms with Gasteiger partial charge in [-0.2, -0.15) is 5.10 Å². The number of benzene rings is 1. The average Bonchev–Trinajstić information content (AvgIpc) is 2.98. The Labute approximate surface area is 173 Å². The van der Waals surface area contributed by atoms with E-state index in [9.17, 15) is 18.0 Å². The van der Waals surface area contributed by atoms with Gasteiger partial charge < -0.3 is 5.32 Å². The Kier molecular flexibility index (Phi) is 5.74. The quantitative estimate of drug-likeness (QED) is 0.612. The van der Waals surface area contributed by atoms with E-state index in [1.54, 1.807) is 35.9 Å².